The number of carbonyl (C=O) groups is 2. The van der Waals surface area contributed by atoms with E-state index in [0.717, 1.165) is 26.0 Å². The molecule has 5 nitrogen and oxygen atoms in total. The van der Waals surface area contributed by atoms with E-state index in [-0.39, 0.29) is 18.4 Å². The summed E-state index contributed by atoms with van der Waals surface area (Å²) >= 11 is 4.81. The largest absolute Gasteiger partial charge is 0.483 e. The molecule has 162 valence electrons. The molecule has 3 aromatic rings. The number of hydrogen-bond acceptors (Lipinski definition) is 5. The SMILES string of the molecule is COC(=O)c1c(NC(=O)COc2ccc(Br)cc2C(C)C)sc(C)c1-c1ccccc1. The molecule has 31 heavy (non-hydrogen) atoms. The summed E-state index contributed by atoms with van der Waals surface area (Å²) in [7, 11) is 1.33. The molecule has 0 fully saturated rings. The van der Waals surface area contributed by atoms with E-state index in [1.54, 1.807) is 0 Å². The quantitative estimate of drug-likeness (QED) is 0.379. The molecule has 0 saturated carbocycles. The van der Waals surface area contributed by atoms with Crippen molar-refractivity contribution >= 4 is 44.1 Å². The molecular formula is C24H24BrNO4S. The number of anilines is 1. The van der Waals surface area contributed by atoms with Crippen LogP contribution in [0.4, 0.5) is 5.00 Å². The number of hydrogen-bond donors (Lipinski definition) is 1. The number of halogens is 1. The third-order valence-corrected chi connectivity index (χ3v) is 6.26. The number of amides is 1. The molecule has 0 atom stereocenters. The van der Waals surface area contributed by atoms with Gasteiger partial charge in [-0.3, -0.25) is 4.79 Å². The maximum absolute atomic E-state index is 12.7. The van der Waals surface area contributed by atoms with E-state index in [0.29, 0.717) is 16.3 Å². The van der Waals surface area contributed by atoms with Gasteiger partial charge in [-0.1, -0.05) is 60.1 Å². The van der Waals surface area contributed by atoms with Crippen LogP contribution in [0.5, 0.6) is 5.75 Å². The fourth-order valence-electron chi connectivity index (χ4n) is 3.29. The molecular weight excluding hydrogens is 478 g/mol. The highest BCUT2D eigenvalue weighted by Gasteiger charge is 2.25. The lowest BCUT2D eigenvalue weighted by Crippen LogP contribution is -2.21. The molecule has 1 heterocycles. The molecule has 0 aliphatic carbocycles. The Morgan fingerprint density at radius 1 is 1.13 bits per heavy atom. The van der Waals surface area contributed by atoms with Crippen molar-refractivity contribution in [2.45, 2.75) is 26.7 Å². The van der Waals surface area contributed by atoms with E-state index in [4.69, 9.17) is 9.47 Å². The molecule has 0 aliphatic heterocycles. The van der Waals surface area contributed by atoms with Crippen LogP contribution in [-0.2, 0) is 9.53 Å². The van der Waals surface area contributed by atoms with Crippen LogP contribution in [0.15, 0.2) is 53.0 Å². The summed E-state index contributed by atoms with van der Waals surface area (Å²) in [5.74, 6) is 0.0711. The van der Waals surface area contributed by atoms with Gasteiger partial charge in [-0.25, -0.2) is 4.79 Å². The summed E-state index contributed by atoms with van der Waals surface area (Å²) in [4.78, 5) is 26.1. The minimum atomic E-state index is -0.491. The van der Waals surface area contributed by atoms with Gasteiger partial charge in [0.05, 0.1) is 7.11 Å². The molecule has 2 aromatic carbocycles. The first-order valence-corrected chi connectivity index (χ1v) is 11.4. The third kappa shape index (κ3) is 5.35. The van der Waals surface area contributed by atoms with Gasteiger partial charge in [0.25, 0.3) is 5.91 Å². The van der Waals surface area contributed by atoms with Gasteiger partial charge in [0, 0.05) is 14.9 Å². The van der Waals surface area contributed by atoms with Gasteiger partial charge >= 0.3 is 5.97 Å². The fourth-order valence-corrected chi connectivity index (χ4v) is 4.75. The monoisotopic (exact) mass is 501 g/mol. The van der Waals surface area contributed by atoms with Crippen LogP contribution < -0.4 is 10.1 Å². The molecule has 0 aliphatic rings. The number of methoxy groups -OCH3 is 1. The Morgan fingerprint density at radius 2 is 1.84 bits per heavy atom. The number of esters is 1. The van der Waals surface area contributed by atoms with Crippen LogP contribution >= 0.6 is 27.3 Å². The van der Waals surface area contributed by atoms with Crippen molar-refractivity contribution in [3.05, 3.63) is 69.0 Å². The van der Waals surface area contributed by atoms with E-state index in [9.17, 15) is 9.59 Å². The number of nitrogens with one attached hydrogen (secondary N) is 1. The highest BCUT2D eigenvalue weighted by molar-refractivity contribution is 9.10. The van der Waals surface area contributed by atoms with E-state index in [1.807, 2.05) is 55.5 Å². The summed E-state index contributed by atoms with van der Waals surface area (Å²) in [6.45, 7) is 5.88. The van der Waals surface area contributed by atoms with Crippen molar-refractivity contribution in [1.82, 2.24) is 0 Å². The first-order valence-electron chi connectivity index (χ1n) is 9.81. The number of benzene rings is 2. The van der Waals surface area contributed by atoms with Crippen LogP contribution in [0, 0.1) is 6.92 Å². The van der Waals surface area contributed by atoms with Gasteiger partial charge in [0.2, 0.25) is 0 Å². The maximum atomic E-state index is 12.7. The Bertz CT molecular complexity index is 1090. The first kappa shape index (κ1) is 23.0. The molecule has 7 heteroatoms. The van der Waals surface area contributed by atoms with Crippen LogP contribution in [-0.4, -0.2) is 25.6 Å². The second-order valence-corrected chi connectivity index (χ2v) is 9.41. The normalized spacial score (nSPS) is 10.8. The van der Waals surface area contributed by atoms with Crippen LogP contribution in [0.25, 0.3) is 11.1 Å². The smallest absolute Gasteiger partial charge is 0.341 e. The topological polar surface area (TPSA) is 64.6 Å². The number of aryl methyl sites for hydroxylation is 1. The fraction of sp³-hybridized carbons (Fsp3) is 0.250. The molecule has 3 rings (SSSR count). The Hall–Kier alpha value is -2.64. The van der Waals surface area contributed by atoms with Crippen molar-refractivity contribution in [2.75, 3.05) is 19.0 Å². The van der Waals surface area contributed by atoms with E-state index in [2.05, 4.69) is 35.1 Å². The number of ether oxygens (including phenoxy) is 2. The summed E-state index contributed by atoms with van der Waals surface area (Å²) < 4.78 is 11.7. The van der Waals surface area contributed by atoms with Crippen molar-refractivity contribution in [1.29, 1.82) is 0 Å². The lowest BCUT2D eigenvalue weighted by atomic mass is 10.0. The highest BCUT2D eigenvalue weighted by Crippen LogP contribution is 2.40. The number of thiophene rings is 1. The third-order valence-electron chi connectivity index (χ3n) is 4.74. The summed E-state index contributed by atoms with van der Waals surface area (Å²) in [5.41, 5.74) is 3.03. The van der Waals surface area contributed by atoms with Crippen molar-refractivity contribution < 1.29 is 19.1 Å². The average molecular weight is 502 g/mol. The zero-order chi connectivity index (χ0) is 22.5. The van der Waals surface area contributed by atoms with Gasteiger partial charge in [-0.05, 0) is 42.2 Å². The van der Waals surface area contributed by atoms with Gasteiger partial charge in [0.1, 0.15) is 16.3 Å². The van der Waals surface area contributed by atoms with Crippen LogP contribution in [0.2, 0.25) is 0 Å². The van der Waals surface area contributed by atoms with Crippen LogP contribution in [0.3, 0.4) is 0 Å². The van der Waals surface area contributed by atoms with Gasteiger partial charge < -0.3 is 14.8 Å². The number of rotatable bonds is 7. The first-order chi connectivity index (χ1) is 14.8. The summed E-state index contributed by atoms with van der Waals surface area (Å²) in [6, 6.07) is 15.3. The van der Waals surface area contributed by atoms with Crippen molar-refractivity contribution in [2.24, 2.45) is 0 Å². The molecule has 0 spiro atoms. The minimum absolute atomic E-state index is 0.167. The molecule has 0 unspecified atom stereocenters. The van der Waals surface area contributed by atoms with Crippen molar-refractivity contribution in [3.63, 3.8) is 0 Å². The standard InChI is InChI=1S/C24H24BrNO4S/c1-14(2)18-12-17(25)10-11-19(18)30-13-20(27)26-23-22(24(28)29-4)21(15(3)31-23)16-8-6-5-7-9-16/h5-12,14H,13H2,1-4H3,(H,26,27). The highest BCUT2D eigenvalue weighted by atomic mass is 79.9. The molecule has 0 saturated heterocycles. The lowest BCUT2D eigenvalue weighted by molar-refractivity contribution is -0.118. The zero-order valence-corrected chi connectivity index (χ0v) is 20.2. The lowest BCUT2D eigenvalue weighted by Gasteiger charge is -2.14. The Kier molecular flexibility index (Phi) is 7.51. The second kappa shape index (κ2) is 10.1. The Morgan fingerprint density at radius 3 is 2.48 bits per heavy atom. The summed E-state index contributed by atoms with van der Waals surface area (Å²) in [5, 5.41) is 3.29. The van der Waals surface area contributed by atoms with E-state index < -0.39 is 5.97 Å². The van der Waals surface area contributed by atoms with Crippen LogP contribution in [0.1, 0.15) is 40.6 Å². The maximum Gasteiger partial charge on any atom is 0.341 e. The molecule has 1 amide bonds. The molecule has 0 bridgehead atoms. The molecule has 0 radical (unpaired) electrons. The predicted octanol–water partition coefficient (Wildman–Crippen LogP) is 6.41. The average Bonchev–Trinajstić information content (AvgIpc) is 3.08. The number of carbonyl (C=O) groups excluding carboxylic acids is 2. The predicted molar refractivity (Wildman–Crippen MR) is 128 cm³/mol. The minimum Gasteiger partial charge on any atom is -0.483 e. The van der Waals surface area contributed by atoms with Gasteiger partial charge in [-0.2, -0.15) is 0 Å². The summed E-state index contributed by atoms with van der Waals surface area (Å²) in [6.07, 6.45) is 0. The van der Waals surface area contributed by atoms with E-state index in [1.165, 1.54) is 18.4 Å². The van der Waals surface area contributed by atoms with Crippen molar-refractivity contribution in [3.8, 4) is 16.9 Å². The van der Waals surface area contributed by atoms with Gasteiger partial charge in [-0.15, -0.1) is 11.3 Å². The van der Waals surface area contributed by atoms with Gasteiger partial charge in [0.15, 0.2) is 6.61 Å². The molecule has 1 N–H and O–H groups in total. The Labute approximate surface area is 194 Å². The Balaban J connectivity index is 1.83. The molecule has 1 aromatic heterocycles. The van der Waals surface area contributed by atoms with E-state index >= 15 is 0 Å². The zero-order valence-electron chi connectivity index (χ0n) is 17.8. The second-order valence-electron chi connectivity index (χ2n) is 7.27.